The Morgan fingerprint density at radius 2 is 2.09 bits per heavy atom. The quantitative estimate of drug-likeness (QED) is 0.943. The molecule has 0 bridgehead atoms. The Kier molecular flexibility index (Phi) is 3.23. The smallest absolute Gasteiger partial charge is 0.228 e. The van der Waals surface area contributed by atoms with Crippen LogP contribution in [0.5, 0.6) is 0 Å². The molecule has 0 saturated carbocycles. The molecular formula is C18H14N2O2S. The number of aromatic nitrogens is 1. The molecule has 1 heterocycles. The maximum atomic E-state index is 12.5. The molecule has 0 radical (unpaired) electrons. The van der Waals surface area contributed by atoms with E-state index in [0.717, 1.165) is 5.01 Å². The molecule has 1 N–H and O–H groups in total. The summed E-state index contributed by atoms with van der Waals surface area (Å²) in [6.07, 6.45) is 5.60. The third kappa shape index (κ3) is 2.33. The van der Waals surface area contributed by atoms with E-state index in [1.165, 1.54) is 28.5 Å². The number of rotatable bonds is 3. The van der Waals surface area contributed by atoms with E-state index >= 15 is 0 Å². The highest BCUT2D eigenvalue weighted by atomic mass is 32.1. The number of benzene rings is 1. The Hall–Kier alpha value is -2.53. The molecular weight excluding hydrogens is 308 g/mol. The molecule has 2 aliphatic carbocycles. The summed E-state index contributed by atoms with van der Waals surface area (Å²) < 4.78 is 0. The third-order valence-electron chi connectivity index (χ3n) is 4.11. The van der Waals surface area contributed by atoms with Crippen molar-refractivity contribution < 1.29 is 9.59 Å². The summed E-state index contributed by atoms with van der Waals surface area (Å²) in [5.74, 6) is -0.136. The van der Waals surface area contributed by atoms with Crippen LogP contribution in [0, 0.1) is 6.92 Å². The lowest BCUT2D eigenvalue weighted by atomic mass is 9.99. The second kappa shape index (κ2) is 5.28. The molecule has 2 aliphatic rings. The summed E-state index contributed by atoms with van der Waals surface area (Å²) in [5, 5.41) is 3.87. The van der Waals surface area contributed by atoms with Crippen molar-refractivity contribution in [2.24, 2.45) is 0 Å². The lowest BCUT2D eigenvalue weighted by Crippen LogP contribution is -2.29. The monoisotopic (exact) mass is 322 g/mol. The lowest BCUT2D eigenvalue weighted by molar-refractivity contribution is 0.0977. The minimum atomic E-state index is -0.195. The fourth-order valence-corrected chi connectivity index (χ4v) is 3.82. The maximum Gasteiger partial charge on any atom is 0.228 e. The van der Waals surface area contributed by atoms with Crippen LogP contribution in [0.2, 0.25) is 0 Å². The number of nitrogens with one attached hydrogen (secondary N) is 1. The van der Waals surface area contributed by atoms with Crippen LogP contribution in [0.15, 0.2) is 42.1 Å². The van der Waals surface area contributed by atoms with Crippen LogP contribution >= 0.6 is 11.3 Å². The molecule has 4 rings (SSSR count). The average Bonchev–Trinajstić information content (AvgIpc) is 3.13. The van der Waals surface area contributed by atoms with Gasteiger partial charge in [-0.2, -0.15) is 0 Å². The predicted molar refractivity (Wildman–Crippen MR) is 89.8 cm³/mol. The topological polar surface area (TPSA) is 59.1 Å². The number of nitrogens with zero attached hydrogens (tertiary/aromatic N) is 1. The molecule has 0 fully saturated rings. The predicted octanol–water partition coefficient (Wildman–Crippen LogP) is 3.11. The van der Waals surface area contributed by atoms with Crippen LogP contribution in [-0.4, -0.2) is 23.1 Å². The minimum Gasteiger partial charge on any atom is -0.381 e. The molecule has 2 aromatic rings. The summed E-state index contributed by atoms with van der Waals surface area (Å²) >= 11 is 1.27. The van der Waals surface area contributed by atoms with E-state index in [4.69, 9.17) is 0 Å². The van der Waals surface area contributed by atoms with E-state index in [2.05, 4.69) is 34.6 Å². The second-order valence-corrected chi connectivity index (χ2v) is 6.84. The van der Waals surface area contributed by atoms with Gasteiger partial charge in [0, 0.05) is 18.5 Å². The fourth-order valence-electron chi connectivity index (χ4n) is 2.99. The van der Waals surface area contributed by atoms with E-state index in [0.29, 0.717) is 17.1 Å². The average molecular weight is 322 g/mol. The van der Waals surface area contributed by atoms with Gasteiger partial charge in [0.25, 0.3) is 0 Å². The van der Waals surface area contributed by atoms with Gasteiger partial charge in [-0.05, 0) is 18.1 Å². The SMILES string of the molecule is Cc1nc2c(s1)C(=O)C=C(NCC1C=Cc3ccccc31)C2=O. The summed E-state index contributed by atoms with van der Waals surface area (Å²) in [4.78, 5) is 29.3. The number of aryl methyl sites for hydroxylation is 1. The first-order valence-electron chi connectivity index (χ1n) is 7.42. The van der Waals surface area contributed by atoms with Crippen LogP contribution in [0.1, 0.15) is 42.2 Å². The molecule has 1 unspecified atom stereocenters. The van der Waals surface area contributed by atoms with E-state index in [-0.39, 0.29) is 23.2 Å². The molecule has 5 heteroatoms. The van der Waals surface area contributed by atoms with Gasteiger partial charge in [0.2, 0.25) is 5.78 Å². The molecule has 0 saturated heterocycles. The molecule has 1 atom stereocenters. The maximum absolute atomic E-state index is 12.5. The number of hydrogen-bond donors (Lipinski definition) is 1. The number of Topliss-reactive ketones (excluding diaryl/α,β-unsaturated/α-hetero) is 1. The zero-order valence-corrected chi connectivity index (χ0v) is 13.3. The summed E-state index contributed by atoms with van der Waals surface area (Å²) in [6, 6.07) is 8.19. The number of hydrogen-bond acceptors (Lipinski definition) is 5. The second-order valence-electron chi connectivity index (χ2n) is 5.64. The number of thiazole rings is 1. The molecule has 1 aromatic carbocycles. The van der Waals surface area contributed by atoms with Crippen molar-refractivity contribution >= 4 is 29.0 Å². The Bertz CT molecular complexity index is 892. The molecule has 0 aliphatic heterocycles. The van der Waals surface area contributed by atoms with Crippen LogP contribution < -0.4 is 5.32 Å². The molecule has 0 amide bonds. The van der Waals surface area contributed by atoms with Gasteiger partial charge in [-0.1, -0.05) is 36.4 Å². The molecule has 114 valence electrons. The molecule has 4 nitrogen and oxygen atoms in total. The van der Waals surface area contributed by atoms with E-state index in [1.54, 1.807) is 6.92 Å². The van der Waals surface area contributed by atoms with Gasteiger partial charge in [0.1, 0.15) is 10.6 Å². The first-order valence-corrected chi connectivity index (χ1v) is 8.24. The van der Waals surface area contributed by atoms with Gasteiger partial charge < -0.3 is 5.32 Å². The van der Waals surface area contributed by atoms with Gasteiger partial charge in [-0.3, -0.25) is 9.59 Å². The van der Waals surface area contributed by atoms with E-state index < -0.39 is 0 Å². The summed E-state index contributed by atoms with van der Waals surface area (Å²) in [6.45, 7) is 2.38. The number of carbonyl (C=O) groups is 2. The fraction of sp³-hybridized carbons (Fsp3) is 0.167. The first-order chi connectivity index (χ1) is 11.1. The van der Waals surface area contributed by atoms with Crippen molar-refractivity contribution in [2.45, 2.75) is 12.8 Å². The highest BCUT2D eigenvalue weighted by Gasteiger charge is 2.30. The Morgan fingerprint density at radius 1 is 1.26 bits per heavy atom. The van der Waals surface area contributed by atoms with Gasteiger partial charge in [-0.15, -0.1) is 11.3 Å². The molecule has 23 heavy (non-hydrogen) atoms. The number of ketones is 2. The van der Waals surface area contributed by atoms with Crippen molar-refractivity contribution in [1.82, 2.24) is 10.3 Å². The summed E-state index contributed by atoms with van der Waals surface area (Å²) in [7, 11) is 0. The largest absolute Gasteiger partial charge is 0.381 e. The van der Waals surface area contributed by atoms with Crippen molar-refractivity contribution in [2.75, 3.05) is 6.54 Å². The Morgan fingerprint density at radius 3 is 2.96 bits per heavy atom. The minimum absolute atomic E-state index is 0.143. The van der Waals surface area contributed by atoms with Crippen molar-refractivity contribution in [3.63, 3.8) is 0 Å². The van der Waals surface area contributed by atoms with Crippen LogP contribution in [-0.2, 0) is 0 Å². The first kappa shape index (κ1) is 14.1. The standard InChI is InChI=1S/C18H14N2O2S/c1-10-20-16-17(22)14(8-15(21)18(16)23-10)19-9-12-7-6-11-4-2-3-5-13(11)12/h2-8,12,19H,9H2,1H3. The number of allylic oxidation sites excluding steroid dienone is 2. The van der Waals surface area contributed by atoms with Crippen molar-refractivity contribution in [3.05, 3.63) is 68.8 Å². The van der Waals surface area contributed by atoms with E-state index in [9.17, 15) is 9.59 Å². The van der Waals surface area contributed by atoms with E-state index in [1.807, 2.05) is 12.1 Å². The van der Waals surface area contributed by atoms with Crippen LogP contribution in [0.4, 0.5) is 0 Å². The number of carbonyl (C=O) groups excluding carboxylic acids is 2. The molecule has 0 spiro atoms. The highest BCUT2D eigenvalue weighted by molar-refractivity contribution is 7.14. The van der Waals surface area contributed by atoms with Gasteiger partial charge in [0.15, 0.2) is 5.78 Å². The zero-order valence-electron chi connectivity index (χ0n) is 12.5. The lowest BCUT2D eigenvalue weighted by Gasteiger charge is -2.16. The van der Waals surface area contributed by atoms with Crippen LogP contribution in [0.25, 0.3) is 6.08 Å². The number of fused-ring (bicyclic) bond motifs is 2. The third-order valence-corrected chi connectivity index (χ3v) is 5.09. The van der Waals surface area contributed by atoms with Crippen molar-refractivity contribution in [1.29, 1.82) is 0 Å². The summed E-state index contributed by atoms with van der Waals surface area (Å²) in [5.41, 5.74) is 3.06. The molecule has 1 aromatic heterocycles. The zero-order chi connectivity index (χ0) is 16.0. The Labute approximate surface area is 137 Å². The van der Waals surface area contributed by atoms with Crippen LogP contribution in [0.3, 0.4) is 0 Å². The van der Waals surface area contributed by atoms with Gasteiger partial charge in [0.05, 0.1) is 10.7 Å². The van der Waals surface area contributed by atoms with Gasteiger partial charge >= 0.3 is 0 Å². The van der Waals surface area contributed by atoms with Crippen molar-refractivity contribution in [3.8, 4) is 0 Å². The normalized spacial score (nSPS) is 18.7. The van der Waals surface area contributed by atoms with Gasteiger partial charge in [-0.25, -0.2) is 4.98 Å². The Balaban J connectivity index is 1.53. The highest BCUT2D eigenvalue weighted by Crippen LogP contribution is 2.30.